The molecular weight excluding hydrogens is 320 g/mol. The Morgan fingerprint density at radius 1 is 1.24 bits per heavy atom. The van der Waals surface area contributed by atoms with Crippen LogP contribution in [-0.2, 0) is 11.2 Å². The zero-order chi connectivity index (χ0) is 17.5. The number of anilines is 1. The summed E-state index contributed by atoms with van der Waals surface area (Å²) in [6.45, 7) is 3.06. The van der Waals surface area contributed by atoms with Crippen molar-refractivity contribution in [3.8, 4) is 5.75 Å². The van der Waals surface area contributed by atoms with Crippen molar-refractivity contribution in [1.82, 2.24) is 15.1 Å². The molecule has 132 valence electrons. The van der Waals surface area contributed by atoms with E-state index in [1.54, 1.807) is 24.1 Å². The fourth-order valence-corrected chi connectivity index (χ4v) is 2.63. The fraction of sp³-hybridized carbons (Fsp3) is 0.389. The van der Waals surface area contributed by atoms with Crippen LogP contribution in [-0.4, -0.2) is 61.0 Å². The number of rotatable bonds is 6. The van der Waals surface area contributed by atoms with Gasteiger partial charge in [0.1, 0.15) is 11.6 Å². The van der Waals surface area contributed by atoms with E-state index < -0.39 is 0 Å². The average molecular weight is 342 g/mol. The topological polar surface area (TPSA) is 76.6 Å². The van der Waals surface area contributed by atoms with Crippen LogP contribution in [0.5, 0.6) is 5.75 Å². The molecule has 1 amide bonds. The molecule has 0 aliphatic carbocycles. The molecule has 2 heterocycles. The second-order valence-electron chi connectivity index (χ2n) is 5.74. The van der Waals surface area contributed by atoms with E-state index in [4.69, 9.17) is 9.47 Å². The van der Waals surface area contributed by atoms with Crippen molar-refractivity contribution in [2.75, 3.05) is 45.3 Å². The first kappa shape index (κ1) is 17.2. The highest BCUT2D eigenvalue weighted by molar-refractivity contribution is 5.92. The zero-order valence-electron chi connectivity index (χ0n) is 14.3. The minimum atomic E-state index is -0.0984. The molecule has 2 aromatic rings. The number of amides is 1. The molecule has 1 aliphatic rings. The van der Waals surface area contributed by atoms with Gasteiger partial charge in [-0.05, 0) is 36.2 Å². The summed E-state index contributed by atoms with van der Waals surface area (Å²) in [5, 5.41) is 11.4. The number of hydrogen-bond acceptors (Lipinski definition) is 6. The molecule has 1 aromatic carbocycles. The Kier molecular flexibility index (Phi) is 5.79. The Bertz CT molecular complexity index is 700. The molecule has 1 aliphatic heterocycles. The first-order valence-corrected chi connectivity index (χ1v) is 8.34. The first-order valence-electron chi connectivity index (χ1n) is 8.34. The average Bonchev–Trinajstić information content (AvgIpc) is 2.69. The molecule has 0 saturated carbocycles. The van der Waals surface area contributed by atoms with E-state index in [-0.39, 0.29) is 5.91 Å². The fourth-order valence-electron chi connectivity index (χ4n) is 2.63. The number of morpholine rings is 1. The molecule has 0 unspecified atom stereocenters. The van der Waals surface area contributed by atoms with Crippen LogP contribution in [0.1, 0.15) is 16.1 Å². The van der Waals surface area contributed by atoms with Crippen molar-refractivity contribution in [2.45, 2.75) is 6.42 Å². The third-order valence-electron chi connectivity index (χ3n) is 4.04. The van der Waals surface area contributed by atoms with Gasteiger partial charge in [-0.15, -0.1) is 10.2 Å². The van der Waals surface area contributed by atoms with E-state index in [0.29, 0.717) is 37.8 Å². The van der Waals surface area contributed by atoms with Gasteiger partial charge in [-0.2, -0.15) is 0 Å². The van der Waals surface area contributed by atoms with E-state index in [1.807, 2.05) is 18.2 Å². The summed E-state index contributed by atoms with van der Waals surface area (Å²) in [4.78, 5) is 14.0. The van der Waals surface area contributed by atoms with Crippen molar-refractivity contribution in [3.05, 3.63) is 47.7 Å². The quantitative estimate of drug-likeness (QED) is 0.859. The van der Waals surface area contributed by atoms with Crippen molar-refractivity contribution < 1.29 is 14.3 Å². The van der Waals surface area contributed by atoms with Gasteiger partial charge >= 0.3 is 0 Å². The number of carbonyl (C=O) groups is 1. The number of ether oxygens (including phenoxy) is 2. The number of aromatic nitrogens is 2. The SMILES string of the molecule is COc1cccc(CCNc2ccc(C(=O)N3CCOCC3)nn2)c1. The smallest absolute Gasteiger partial charge is 0.274 e. The summed E-state index contributed by atoms with van der Waals surface area (Å²) in [5.41, 5.74) is 1.54. The minimum Gasteiger partial charge on any atom is -0.497 e. The molecule has 0 atom stereocenters. The molecule has 25 heavy (non-hydrogen) atoms. The summed E-state index contributed by atoms with van der Waals surface area (Å²) >= 11 is 0. The Balaban J connectivity index is 1.51. The molecule has 0 radical (unpaired) electrons. The van der Waals surface area contributed by atoms with Crippen molar-refractivity contribution >= 4 is 11.7 Å². The minimum absolute atomic E-state index is 0.0984. The number of benzene rings is 1. The molecule has 1 N–H and O–H groups in total. The van der Waals surface area contributed by atoms with Crippen LogP contribution in [0.3, 0.4) is 0 Å². The van der Waals surface area contributed by atoms with Crippen molar-refractivity contribution in [3.63, 3.8) is 0 Å². The number of nitrogens with one attached hydrogen (secondary N) is 1. The van der Waals surface area contributed by atoms with Crippen LogP contribution >= 0.6 is 0 Å². The van der Waals surface area contributed by atoms with E-state index in [9.17, 15) is 4.79 Å². The predicted molar refractivity (Wildman–Crippen MR) is 93.9 cm³/mol. The van der Waals surface area contributed by atoms with Gasteiger partial charge in [0.2, 0.25) is 0 Å². The summed E-state index contributed by atoms with van der Waals surface area (Å²) < 4.78 is 10.5. The summed E-state index contributed by atoms with van der Waals surface area (Å²) in [7, 11) is 1.66. The highest BCUT2D eigenvalue weighted by Crippen LogP contribution is 2.13. The molecule has 1 saturated heterocycles. The highest BCUT2D eigenvalue weighted by atomic mass is 16.5. The Morgan fingerprint density at radius 3 is 2.80 bits per heavy atom. The summed E-state index contributed by atoms with van der Waals surface area (Å²) in [6.07, 6.45) is 0.841. The highest BCUT2D eigenvalue weighted by Gasteiger charge is 2.19. The maximum atomic E-state index is 12.3. The maximum absolute atomic E-state index is 12.3. The Labute approximate surface area is 147 Å². The van der Waals surface area contributed by atoms with Gasteiger partial charge in [-0.25, -0.2) is 0 Å². The van der Waals surface area contributed by atoms with Gasteiger partial charge in [-0.1, -0.05) is 12.1 Å². The number of carbonyl (C=O) groups excluding carboxylic acids is 1. The number of hydrogen-bond donors (Lipinski definition) is 1. The Morgan fingerprint density at radius 2 is 2.08 bits per heavy atom. The van der Waals surface area contributed by atoms with E-state index in [2.05, 4.69) is 21.6 Å². The molecule has 7 nitrogen and oxygen atoms in total. The standard InChI is InChI=1S/C18H22N4O3/c1-24-15-4-2-3-14(13-15)7-8-19-17-6-5-16(20-21-17)18(23)22-9-11-25-12-10-22/h2-6,13H,7-12H2,1H3,(H,19,21). The monoisotopic (exact) mass is 342 g/mol. The van der Waals surface area contributed by atoms with Crippen LogP contribution in [0.2, 0.25) is 0 Å². The van der Waals surface area contributed by atoms with Crippen LogP contribution in [0.15, 0.2) is 36.4 Å². The largest absolute Gasteiger partial charge is 0.497 e. The van der Waals surface area contributed by atoms with Gasteiger partial charge in [0, 0.05) is 19.6 Å². The summed E-state index contributed by atoms with van der Waals surface area (Å²) in [6, 6.07) is 11.5. The second kappa shape index (κ2) is 8.43. The van der Waals surface area contributed by atoms with Gasteiger partial charge in [0.05, 0.1) is 20.3 Å². The van der Waals surface area contributed by atoms with Gasteiger partial charge in [0.25, 0.3) is 5.91 Å². The van der Waals surface area contributed by atoms with Gasteiger partial charge in [-0.3, -0.25) is 4.79 Å². The van der Waals surface area contributed by atoms with E-state index in [0.717, 1.165) is 18.7 Å². The lowest BCUT2D eigenvalue weighted by Gasteiger charge is -2.26. The van der Waals surface area contributed by atoms with Crippen LogP contribution in [0.4, 0.5) is 5.82 Å². The molecular formula is C18H22N4O3. The van der Waals surface area contributed by atoms with Crippen molar-refractivity contribution in [2.24, 2.45) is 0 Å². The second-order valence-corrected chi connectivity index (χ2v) is 5.74. The third kappa shape index (κ3) is 4.67. The lowest BCUT2D eigenvalue weighted by molar-refractivity contribution is 0.0298. The van der Waals surface area contributed by atoms with Crippen molar-refractivity contribution in [1.29, 1.82) is 0 Å². The van der Waals surface area contributed by atoms with Gasteiger partial charge < -0.3 is 19.7 Å². The zero-order valence-corrected chi connectivity index (χ0v) is 14.3. The molecule has 1 aromatic heterocycles. The van der Waals surface area contributed by atoms with Gasteiger partial charge in [0.15, 0.2) is 5.69 Å². The summed E-state index contributed by atoms with van der Waals surface area (Å²) in [5.74, 6) is 1.41. The maximum Gasteiger partial charge on any atom is 0.274 e. The molecule has 7 heteroatoms. The molecule has 0 bridgehead atoms. The van der Waals surface area contributed by atoms with Crippen LogP contribution in [0, 0.1) is 0 Å². The van der Waals surface area contributed by atoms with E-state index in [1.165, 1.54) is 5.56 Å². The van der Waals surface area contributed by atoms with Crippen LogP contribution in [0.25, 0.3) is 0 Å². The molecule has 3 rings (SSSR count). The Hall–Kier alpha value is -2.67. The molecule has 0 spiro atoms. The molecule has 1 fully saturated rings. The lowest BCUT2D eigenvalue weighted by Crippen LogP contribution is -2.41. The first-order chi connectivity index (χ1) is 12.3. The van der Waals surface area contributed by atoms with E-state index >= 15 is 0 Å². The lowest BCUT2D eigenvalue weighted by atomic mass is 10.1. The third-order valence-corrected chi connectivity index (χ3v) is 4.04. The normalized spacial score (nSPS) is 14.2. The predicted octanol–water partition coefficient (Wildman–Crippen LogP) is 1.61. The number of nitrogens with zero attached hydrogens (tertiary/aromatic N) is 3. The number of methoxy groups -OCH3 is 1. The van der Waals surface area contributed by atoms with Crippen LogP contribution < -0.4 is 10.1 Å².